The van der Waals surface area contributed by atoms with Crippen LogP contribution in [0.2, 0.25) is 0 Å². The molecule has 3 nitrogen and oxygen atoms in total. The molecular weight excluding hydrogens is 358 g/mol. The normalized spacial score (nSPS) is 41.2. The van der Waals surface area contributed by atoms with Crippen molar-refractivity contribution in [3.63, 3.8) is 0 Å². The first kappa shape index (κ1) is 22.8. The minimum absolute atomic E-state index is 0.0907. The lowest BCUT2D eigenvalue weighted by molar-refractivity contribution is -0.146. The highest BCUT2D eigenvalue weighted by Crippen LogP contribution is 2.41. The monoisotopic (exact) mass is 403 g/mol. The fourth-order valence-electron chi connectivity index (χ4n) is 6.19. The SMILES string of the molecule is C=C(C)C(=O)OC1CCC(N(C2CCC(C)C(C)C2)C2CCC(C)C(C)C2)CC1. The third-order valence-electron chi connectivity index (χ3n) is 8.67. The summed E-state index contributed by atoms with van der Waals surface area (Å²) in [6, 6.07) is 2.18. The molecule has 0 aliphatic heterocycles. The van der Waals surface area contributed by atoms with Gasteiger partial charge in [0.15, 0.2) is 0 Å². The Hall–Kier alpha value is -0.830. The van der Waals surface area contributed by atoms with Crippen LogP contribution in [0, 0.1) is 23.7 Å². The fourth-order valence-corrected chi connectivity index (χ4v) is 6.19. The van der Waals surface area contributed by atoms with Crippen LogP contribution >= 0.6 is 0 Å². The summed E-state index contributed by atoms with van der Waals surface area (Å²) in [5.41, 5.74) is 0.518. The van der Waals surface area contributed by atoms with Crippen molar-refractivity contribution in [1.82, 2.24) is 4.90 Å². The first-order chi connectivity index (χ1) is 13.8. The molecule has 6 atom stereocenters. The molecule has 0 bridgehead atoms. The first-order valence-electron chi connectivity index (χ1n) is 12.4. The molecule has 3 fully saturated rings. The highest BCUT2D eigenvalue weighted by molar-refractivity contribution is 5.87. The van der Waals surface area contributed by atoms with Crippen LogP contribution in [0.25, 0.3) is 0 Å². The Morgan fingerprint density at radius 2 is 1.17 bits per heavy atom. The molecule has 0 saturated heterocycles. The van der Waals surface area contributed by atoms with Crippen LogP contribution in [-0.2, 0) is 9.53 Å². The van der Waals surface area contributed by atoms with Gasteiger partial charge in [0.05, 0.1) is 0 Å². The number of ether oxygens (including phenoxy) is 1. The third kappa shape index (κ3) is 5.66. The molecule has 0 aromatic rings. The van der Waals surface area contributed by atoms with Crippen LogP contribution in [0.5, 0.6) is 0 Å². The molecule has 0 N–H and O–H groups in total. The maximum absolute atomic E-state index is 11.9. The van der Waals surface area contributed by atoms with Gasteiger partial charge in [0.1, 0.15) is 6.10 Å². The largest absolute Gasteiger partial charge is 0.459 e. The average Bonchev–Trinajstić information content (AvgIpc) is 2.68. The van der Waals surface area contributed by atoms with Gasteiger partial charge in [0.2, 0.25) is 0 Å². The van der Waals surface area contributed by atoms with Gasteiger partial charge in [-0.2, -0.15) is 0 Å². The van der Waals surface area contributed by atoms with Crippen molar-refractivity contribution in [3.8, 4) is 0 Å². The molecule has 0 aromatic carbocycles. The fraction of sp³-hybridized carbons (Fsp3) is 0.885. The van der Waals surface area contributed by atoms with Crippen molar-refractivity contribution >= 4 is 5.97 Å². The van der Waals surface area contributed by atoms with Crippen molar-refractivity contribution < 1.29 is 9.53 Å². The number of carbonyl (C=O) groups excluding carboxylic acids is 1. The van der Waals surface area contributed by atoms with E-state index in [1.165, 1.54) is 51.4 Å². The Bertz CT molecular complexity index is 539. The minimum atomic E-state index is -0.213. The van der Waals surface area contributed by atoms with Crippen molar-refractivity contribution in [3.05, 3.63) is 12.2 Å². The number of nitrogens with zero attached hydrogens (tertiary/aromatic N) is 1. The van der Waals surface area contributed by atoms with Crippen LogP contribution < -0.4 is 0 Å². The second-order valence-corrected chi connectivity index (χ2v) is 10.9. The van der Waals surface area contributed by atoms with Gasteiger partial charge in [-0.3, -0.25) is 4.90 Å². The molecule has 3 rings (SSSR count). The van der Waals surface area contributed by atoms with Gasteiger partial charge in [0, 0.05) is 23.7 Å². The van der Waals surface area contributed by atoms with Gasteiger partial charge in [-0.25, -0.2) is 4.79 Å². The smallest absolute Gasteiger partial charge is 0.333 e. The Kier molecular flexibility index (Phi) is 7.87. The second kappa shape index (κ2) is 9.98. The first-order valence-corrected chi connectivity index (χ1v) is 12.4. The van der Waals surface area contributed by atoms with E-state index in [-0.39, 0.29) is 12.1 Å². The summed E-state index contributed by atoms with van der Waals surface area (Å²) in [6.45, 7) is 15.3. The van der Waals surface area contributed by atoms with Crippen LogP contribution in [0.4, 0.5) is 0 Å². The topological polar surface area (TPSA) is 29.5 Å². The Labute approximate surface area is 179 Å². The average molecular weight is 404 g/mol. The summed E-state index contributed by atoms with van der Waals surface area (Å²) in [7, 11) is 0. The number of carbonyl (C=O) groups is 1. The zero-order chi connectivity index (χ0) is 21.1. The van der Waals surface area contributed by atoms with Gasteiger partial charge in [-0.05, 0) is 94.8 Å². The van der Waals surface area contributed by atoms with E-state index >= 15 is 0 Å². The lowest BCUT2D eigenvalue weighted by Gasteiger charge is -2.51. The second-order valence-electron chi connectivity index (χ2n) is 10.9. The quantitative estimate of drug-likeness (QED) is 0.395. The summed E-state index contributed by atoms with van der Waals surface area (Å²) in [6.07, 6.45) is 12.7. The van der Waals surface area contributed by atoms with E-state index in [0.29, 0.717) is 11.6 Å². The van der Waals surface area contributed by atoms with Crippen molar-refractivity contribution in [2.75, 3.05) is 0 Å². The Morgan fingerprint density at radius 3 is 1.59 bits per heavy atom. The Balaban J connectivity index is 1.67. The van der Waals surface area contributed by atoms with Crippen molar-refractivity contribution in [2.45, 2.75) is 123 Å². The van der Waals surface area contributed by atoms with E-state index in [4.69, 9.17) is 4.74 Å². The van der Waals surface area contributed by atoms with E-state index < -0.39 is 0 Å². The van der Waals surface area contributed by atoms with Crippen molar-refractivity contribution in [1.29, 1.82) is 0 Å². The molecule has 0 amide bonds. The zero-order valence-electron chi connectivity index (χ0n) is 19.7. The predicted molar refractivity (Wildman–Crippen MR) is 121 cm³/mol. The van der Waals surface area contributed by atoms with Gasteiger partial charge in [0.25, 0.3) is 0 Å². The molecule has 0 aromatic heterocycles. The molecule has 3 saturated carbocycles. The molecule has 0 spiro atoms. The predicted octanol–water partition coefficient (Wildman–Crippen LogP) is 6.37. The van der Waals surface area contributed by atoms with E-state index in [0.717, 1.165) is 48.6 Å². The van der Waals surface area contributed by atoms with E-state index in [2.05, 4.69) is 39.2 Å². The molecule has 3 aliphatic carbocycles. The van der Waals surface area contributed by atoms with Gasteiger partial charge < -0.3 is 4.74 Å². The number of rotatable bonds is 5. The lowest BCUT2D eigenvalue weighted by atomic mass is 9.74. The summed E-state index contributed by atoms with van der Waals surface area (Å²) >= 11 is 0. The van der Waals surface area contributed by atoms with Gasteiger partial charge in [-0.15, -0.1) is 0 Å². The molecule has 29 heavy (non-hydrogen) atoms. The minimum Gasteiger partial charge on any atom is -0.459 e. The van der Waals surface area contributed by atoms with Gasteiger partial charge >= 0.3 is 5.97 Å². The van der Waals surface area contributed by atoms with Crippen molar-refractivity contribution in [2.24, 2.45) is 23.7 Å². The molecule has 3 heteroatoms. The summed E-state index contributed by atoms with van der Waals surface area (Å²) in [5, 5.41) is 0. The highest BCUT2D eigenvalue weighted by atomic mass is 16.5. The number of hydrogen-bond acceptors (Lipinski definition) is 3. The maximum atomic E-state index is 11.9. The summed E-state index contributed by atoms with van der Waals surface area (Å²) < 4.78 is 5.68. The number of esters is 1. The number of hydrogen-bond donors (Lipinski definition) is 0. The van der Waals surface area contributed by atoms with Crippen LogP contribution in [0.3, 0.4) is 0 Å². The van der Waals surface area contributed by atoms with Crippen LogP contribution in [-0.4, -0.2) is 35.1 Å². The summed E-state index contributed by atoms with van der Waals surface area (Å²) in [5.74, 6) is 3.20. The Morgan fingerprint density at radius 1 is 0.724 bits per heavy atom. The molecule has 166 valence electrons. The van der Waals surface area contributed by atoms with Crippen LogP contribution in [0.15, 0.2) is 12.2 Å². The molecule has 6 unspecified atom stereocenters. The maximum Gasteiger partial charge on any atom is 0.333 e. The highest BCUT2D eigenvalue weighted by Gasteiger charge is 2.40. The molecule has 3 aliphatic rings. The van der Waals surface area contributed by atoms with E-state index in [9.17, 15) is 4.79 Å². The van der Waals surface area contributed by atoms with Crippen LogP contribution in [0.1, 0.15) is 98.8 Å². The third-order valence-corrected chi connectivity index (χ3v) is 8.67. The van der Waals surface area contributed by atoms with Gasteiger partial charge in [-0.1, -0.05) is 34.3 Å². The molecular formula is C26H45NO2. The zero-order valence-corrected chi connectivity index (χ0v) is 19.7. The summed E-state index contributed by atoms with van der Waals surface area (Å²) in [4.78, 5) is 14.9. The van der Waals surface area contributed by atoms with E-state index in [1.54, 1.807) is 6.92 Å². The van der Waals surface area contributed by atoms with E-state index in [1.807, 2.05) is 0 Å². The standard InChI is InChI=1S/C26H45NO2/c1-17(2)26(28)29-25-13-11-22(12-14-25)27(23-9-7-18(3)20(5)15-23)24-10-8-19(4)21(6)16-24/h18-25H,1,7-16H2,2-6H3. The molecule has 0 radical (unpaired) electrons. The molecule has 0 heterocycles. The lowest BCUT2D eigenvalue weighted by Crippen LogP contribution is -2.54.